The van der Waals surface area contributed by atoms with Gasteiger partial charge in [-0.3, -0.25) is 0 Å². The molecule has 0 bridgehead atoms. The molecule has 2 aromatic rings. The molecule has 0 saturated heterocycles. The second kappa shape index (κ2) is 7.34. The molecular formula is C18H14ClF5O3. The smallest absolute Gasteiger partial charge is 0.417 e. The third-order valence-electron chi connectivity index (χ3n) is 3.10. The minimum atomic E-state index is -4.73. The van der Waals surface area contributed by atoms with Crippen molar-refractivity contribution in [3.63, 3.8) is 0 Å². The molecule has 9 heteroatoms. The van der Waals surface area contributed by atoms with Crippen LogP contribution < -0.4 is 4.74 Å². The van der Waals surface area contributed by atoms with Crippen molar-refractivity contribution in [2.45, 2.75) is 32.5 Å². The number of halogens is 6. The highest BCUT2D eigenvalue weighted by Gasteiger charge is 2.33. The van der Waals surface area contributed by atoms with Gasteiger partial charge in [0.2, 0.25) is 0 Å². The van der Waals surface area contributed by atoms with E-state index in [1.807, 2.05) is 0 Å². The van der Waals surface area contributed by atoms with Crippen LogP contribution in [0.4, 0.5) is 22.0 Å². The fourth-order valence-corrected chi connectivity index (χ4v) is 2.28. The first-order valence-corrected chi connectivity index (χ1v) is 7.93. The quantitative estimate of drug-likeness (QED) is 0.436. The van der Waals surface area contributed by atoms with Crippen LogP contribution in [-0.4, -0.2) is 11.6 Å². The van der Waals surface area contributed by atoms with Crippen LogP contribution in [0.1, 0.15) is 36.7 Å². The lowest BCUT2D eigenvalue weighted by molar-refractivity contribution is -0.137. The maximum Gasteiger partial charge on any atom is 0.417 e. The number of carbonyl (C=O) groups is 1. The van der Waals surface area contributed by atoms with Crippen molar-refractivity contribution in [3.05, 3.63) is 58.1 Å². The minimum Gasteiger partial charge on any atom is -0.457 e. The van der Waals surface area contributed by atoms with Gasteiger partial charge >= 0.3 is 12.1 Å². The van der Waals surface area contributed by atoms with Crippen molar-refractivity contribution < 1.29 is 36.2 Å². The molecule has 0 amide bonds. The number of esters is 1. The zero-order valence-electron chi connectivity index (χ0n) is 14.4. The first-order valence-electron chi connectivity index (χ1n) is 7.55. The monoisotopic (exact) mass is 408 g/mol. The molecule has 0 aromatic heterocycles. The summed E-state index contributed by atoms with van der Waals surface area (Å²) in [6.45, 7) is 4.57. The number of alkyl halides is 3. The van der Waals surface area contributed by atoms with Gasteiger partial charge in [-0.05, 0) is 39.0 Å². The average molecular weight is 409 g/mol. The topological polar surface area (TPSA) is 35.5 Å². The number of hydrogen-bond acceptors (Lipinski definition) is 3. The Morgan fingerprint density at radius 3 is 2.00 bits per heavy atom. The average Bonchev–Trinajstić information content (AvgIpc) is 2.45. The lowest BCUT2D eigenvalue weighted by Gasteiger charge is -2.20. The molecule has 2 aromatic carbocycles. The van der Waals surface area contributed by atoms with Crippen molar-refractivity contribution in [1.82, 2.24) is 0 Å². The molecule has 2 rings (SSSR count). The van der Waals surface area contributed by atoms with E-state index in [0.29, 0.717) is 18.2 Å². The first-order chi connectivity index (χ1) is 12.3. The lowest BCUT2D eigenvalue weighted by Crippen LogP contribution is -2.25. The fraction of sp³-hybridized carbons (Fsp3) is 0.278. The summed E-state index contributed by atoms with van der Waals surface area (Å²) in [7, 11) is 0. The molecule has 0 saturated carbocycles. The molecule has 0 aliphatic heterocycles. The summed E-state index contributed by atoms with van der Waals surface area (Å²) >= 11 is 5.50. The van der Waals surface area contributed by atoms with Crippen molar-refractivity contribution in [2.24, 2.45) is 0 Å². The predicted molar refractivity (Wildman–Crippen MR) is 88.1 cm³/mol. The van der Waals surface area contributed by atoms with Crippen LogP contribution in [0.15, 0.2) is 30.3 Å². The van der Waals surface area contributed by atoms with Crippen LogP contribution >= 0.6 is 11.6 Å². The summed E-state index contributed by atoms with van der Waals surface area (Å²) in [6.07, 6.45) is -4.73. The van der Waals surface area contributed by atoms with Gasteiger partial charge in [0.15, 0.2) is 0 Å². The van der Waals surface area contributed by atoms with Crippen molar-refractivity contribution in [2.75, 3.05) is 0 Å². The van der Waals surface area contributed by atoms with E-state index in [1.54, 1.807) is 0 Å². The molecule has 0 N–H and O–H groups in total. The third-order valence-corrected chi connectivity index (χ3v) is 3.43. The number of ether oxygens (including phenoxy) is 2. The Morgan fingerprint density at radius 2 is 1.52 bits per heavy atom. The van der Waals surface area contributed by atoms with E-state index in [1.165, 1.54) is 20.8 Å². The summed E-state index contributed by atoms with van der Waals surface area (Å²) in [6, 6.07) is 3.99. The zero-order chi connectivity index (χ0) is 20.6. The Bertz CT molecular complexity index is 849. The van der Waals surface area contributed by atoms with E-state index in [-0.39, 0.29) is 5.75 Å². The molecule has 0 atom stereocenters. The van der Waals surface area contributed by atoms with Gasteiger partial charge in [-0.15, -0.1) is 0 Å². The van der Waals surface area contributed by atoms with E-state index in [0.717, 1.165) is 12.1 Å². The molecule has 0 heterocycles. The molecule has 0 aliphatic rings. The number of hydrogen-bond donors (Lipinski definition) is 0. The van der Waals surface area contributed by atoms with Crippen LogP contribution in [0.5, 0.6) is 11.5 Å². The summed E-state index contributed by atoms with van der Waals surface area (Å²) < 4.78 is 76.9. The SMILES string of the molecule is CC(C)(C)OC(=O)c1c(F)cc(Oc2ccc(Cl)c(C(F)(F)F)c2)cc1F. The Hall–Kier alpha value is -2.35. The van der Waals surface area contributed by atoms with Gasteiger partial charge in [-0.2, -0.15) is 13.2 Å². The number of carbonyl (C=O) groups excluding carboxylic acids is 1. The number of rotatable bonds is 3. The van der Waals surface area contributed by atoms with Gasteiger partial charge in [0.25, 0.3) is 0 Å². The zero-order valence-corrected chi connectivity index (χ0v) is 15.1. The van der Waals surface area contributed by atoms with Gasteiger partial charge in [0.05, 0.1) is 10.6 Å². The second-order valence-corrected chi connectivity index (χ2v) is 6.91. The van der Waals surface area contributed by atoms with E-state index < -0.39 is 51.3 Å². The molecule has 0 fully saturated rings. The normalized spacial score (nSPS) is 12.0. The predicted octanol–water partition coefficient (Wildman–Crippen LogP) is 6.38. The van der Waals surface area contributed by atoms with Crippen LogP contribution in [0.2, 0.25) is 5.02 Å². The Kier molecular flexibility index (Phi) is 5.70. The number of benzene rings is 2. The molecule has 0 spiro atoms. The van der Waals surface area contributed by atoms with Crippen molar-refractivity contribution in [3.8, 4) is 11.5 Å². The van der Waals surface area contributed by atoms with Crippen LogP contribution in [0.25, 0.3) is 0 Å². The van der Waals surface area contributed by atoms with Crippen molar-refractivity contribution in [1.29, 1.82) is 0 Å². The summed E-state index contributed by atoms with van der Waals surface area (Å²) in [5.41, 5.74) is -3.06. The Balaban J connectivity index is 2.33. The maximum atomic E-state index is 14.1. The standard InChI is InChI=1S/C18H14ClF5O3/c1-17(2,3)27-16(25)15-13(20)7-10(8-14(15)21)26-9-4-5-12(19)11(6-9)18(22,23)24/h4-8H,1-3H3. The molecular weight excluding hydrogens is 395 g/mol. The molecule has 0 radical (unpaired) electrons. The van der Waals surface area contributed by atoms with Crippen molar-refractivity contribution >= 4 is 17.6 Å². The van der Waals surface area contributed by atoms with E-state index >= 15 is 0 Å². The first kappa shape index (κ1) is 21.0. The summed E-state index contributed by atoms with van der Waals surface area (Å²) in [5.74, 6) is -4.54. The molecule has 0 unspecified atom stereocenters. The molecule has 146 valence electrons. The van der Waals surface area contributed by atoms with E-state index in [9.17, 15) is 26.7 Å². The third kappa shape index (κ3) is 5.32. The lowest BCUT2D eigenvalue weighted by atomic mass is 10.1. The summed E-state index contributed by atoms with van der Waals surface area (Å²) in [5, 5.41) is -0.549. The Labute approximate surface area is 156 Å². The molecule has 0 aliphatic carbocycles. The highest BCUT2D eigenvalue weighted by molar-refractivity contribution is 6.31. The van der Waals surface area contributed by atoms with Gasteiger partial charge in [-0.25, -0.2) is 13.6 Å². The fourth-order valence-electron chi connectivity index (χ4n) is 2.05. The molecule has 3 nitrogen and oxygen atoms in total. The van der Waals surface area contributed by atoms with E-state index in [4.69, 9.17) is 21.1 Å². The highest BCUT2D eigenvalue weighted by Crippen LogP contribution is 2.38. The van der Waals surface area contributed by atoms with Gasteiger partial charge in [0, 0.05) is 12.1 Å². The van der Waals surface area contributed by atoms with Crippen LogP contribution in [0, 0.1) is 11.6 Å². The highest BCUT2D eigenvalue weighted by atomic mass is 35.5. The van der Waals surface area contributed by atoms with Gasteiger partial charge in [-0.1, -0.05) is 11.6 Å². The Morgan fingerprint density at radius 1 is 0.963 bits per heavy atom. The minimum absolute atomic E-state index is 0.337. The van der Waals surface area contributed by atoms with E-state index in [2.05, 4.69) is 0 Å². The van der Waals surface area contributed by atoms with Crippen LogP contribution in [-0.2, 0) is 10.9 Å². The van der Waals surface area contributed by atoms with Crippen LogP contribution in [0.3, 0.4) is 0 Å². The maximum absolute atomic E-state index is 14.1. The van der Waals surface area contributed by atoms with Gasteiger partial charge in [0.1, 0.15) is 34.3 Å². The molecule has 27 heavy (non-hydrogen) atoms. The summed E-state index contributed by atoms with van der Waals surface area (Å²) in [4.78, 5) is 11.9. The van der Waals surface area contributed by atoms with Gasteiger partial charge < -0.3 is 9.47 Å². The second-order valence-electron chi connectivity index (χ2n) is 6.51. The largest absolute Gasteiger partial charge is 0.457 e.